The third-order valence-corrected chi connectivity index (χ3v) is 3.22. The van der Waals surface area contributed by atoms with E-state index in [9.17, 15) is 9.90 Å². The topological polar surface area (TPSA) is 46.5 Å². The Balaban J connectivity index is 2.41. The predicted molar refractivity (Wildman–Crippen MR) is 78.9 cm³/mol. The smallest absolute Gasteiger partial charge is 0.337 e. The van der Waals surface area contributed by atoms with E-state index in [1.807, 2.05) is 24.3 Å². The molecule has 20 heavy (non-hydrogen) atoms. The number of aromatic hydroxyl groups is 1. The number of esters is 1. The maximum atomic E-state index is 11.6. The zero-order chi connectivity index (χ0) is 14.5. The van der Waals surface area contributed by atoms with Gasteiger partial charge in [0.25, 0.3) is 0 Å². The zero-order valence-corrected chi connectivity index (χ0v) is 11.7. The molecule has 2 aromatic carbocycles. The molecule has 0 aliphatic heterocycles. The molecule has 0 aromatic heterocycles. The van der Waals surface area contributed by atoms with Crippen LogP contribution in [0.3, 0.4) is 0 Å². The number of phenolic OH excluding ortho intramolecular Hbond substituents is 1. The molecule has 3 nitrogen and oxygen atoms in total. The number of phenols is 1. The van der Waals surface area contributed by atoms with E-state index in [0.29, 0.717) is 11.3 Å². The standard InChI is InChI=1S/C17H18O3/c1-3-5-14-10-13(8-9-16(14)18)12-6-4-7-15(11-12)17(19)20-2/h4,6-11,18H,3,5H2,1-2H3. The molecule has 3 heteroatoms. The summed E-state index contributed by atoms with van der Waals surface area (Å²) < 4.78 is 4.73. The van der Waals surface area contributed by atoms with Crippen molar-refractivity contribution in [3.8, 4) is 16.9 Å². The Morgan fingerprint density at radius 3 is 2.60 bits per heavy atom. The van der Waals surface area contributed by atoms with Gasteiger partial charge in [-0.3, -0.25) is 0 Å². The molecular formula is C17H18O3. The van der Waals surface area contributed by atoms with Crippen molar-refractivity contribution in [2.75, 3.05) is 7.11 Å². The van der Waals surface area contributed by atoms with E-state index in [0.717, 1.165) is 29.5 Å². The summed E-state index contributed by atoms with van der Waals surface area (Å²) >= 11 is 0. The van der Waals surface area contributed by atoms with Gasteiger partial charge >= 0.3 is 5.97 Å². The van der Waals surface area contributed by atoms with Crippen molar-refractivity contribution in [2.45, 2.75) is 19.8 Å². The lowest BCUT2D eigenvalue weighted by molar-refractivity contribution is 0.0601. The largest absolute Gasteiger partial charge is 0.508 e. The van der Waals surface area contributed by atoms with Crippen LogP contribution in [0.25, 0.3) is 11.1 Å². The van der Waals surface area contributed by atoms with E-state index >= 15 is 0 Å². The molecule has 0 saturated carbocycles. The Morgan fingerprint density at radius 1 is 1.15 bits per heavy atom. The second-order valence-corrected chi connectivity index (χ2v) is 4.67. The molecule has 104 valence electrons. The third kappa shape index (κ3) is 2.99. The highest BCUT2D eigenvalue weighted by molar-refractivity contribution is 5.91. The number of carbonyl (C=O) groups is 1. The van der Waals surface area contributed by atoms with Gasteiger partial charge in [-0.25, -0.2) is 4.79 Å². The number of hydrogen-bond donors (Lipinski definition) is 1. The first kappa shape index (κ1) is 14.1. The summed E-state index contributed by atoms with van der Waals surface area (Å²) in [6, 6.07) is 12.8. The lowest BCUT2D eigenvalue weighted by atomic mass is 9.99. The number of benzene rings is 2. The Kier molecular flexibility index (Phi) is 4.41. The first-order valence-corrected chi connectivity index (χ1v) is 6.66. The summed E-state index contributed by atoms with van der Waals surface area (Å²) in [7, 11) is 1.37. The predicted octanol–water partition coefficient (Wildman–Crippen LogP) is 3.80. The number of hydrogen-bond acceptors (Lipinski definition) is 3. The molecule has 0 unspecified atom stereocenters. The number of methoxy groups -OCH3 is 1. The van der Waals surface area contributed by atoms with Gasteiger partial charge in [0.2, 0.25) is 0 Å². The Bertz CT molecular complexity index is 617. The van der Waals surface area contributed by atoms with Crippen LogP contribution in [0.2, 0.25) is 0 Å². The number of carbonyl (C=O) groups excluding carboxylic acids is 1. The Morgan fingerprint density at radius 2 is 1.90 bits per heavy atom. The molecular weight excluding hydrogens is 252 g/mol. The monoisotopic (exact) mass is 270 g/mol. The molecule has 0 aliphatic rings. The molecule has 0 spiro atoms. The van der Waals surface area contributed by atoms with Crippen LogP contribution in [-0.2, 0) is 11.2 Å². The van der Waals surface area contributed by atoms with Crippen molar-refractivity contribution in [3.05, 3.63) is 53.6 Å². The van der Waals surface area contributed by atoms with E-state index in [4.69, 9.17) is 4.74 Å². The van der Waals surface area contributed by atoms with E-state index in [1.54, 1.807) is 18.2 Å². The van der Waals surface area contributed by atoms with Gasteiger partial charge in [-0.15, -0.1) is 0 Å². The van der Waals surface area contributed by atoms with Crippen molar-refractivity contribution in [3.63, 3.8) is 0 Å². The number of rotatable bonds is 4. The normalized spacial score (nSPS) is 10.3. The maximum absolute atomic E-state index is 11.6. The molecule has 0 aliphatic carbocycles. The van der Waals surface area contributed by atoms with Crippen molar-refractivity contribution in [1.29, 1.82) is 0 Å². The first-order valence-electron chi connectivity index (χ1n) is 6.66. The molecule has 0 radical (unpaired) electrons. The Hall–Kier alpha value is -2.29. The summed E-state index contributed by atoms with van der Waals surface area (Å²) in [4.78, 5) is 11.6. The summed E-state index contributed by atoms with van der Waals surface area (Å²) in [6.07, 6.45) is 1.80. The van der Waals surface area contributed by atoms with E-state index < -0.39 is 0 Å². The van der Waals surface area contributed by atoms with E-state index in [2.05, 4.69) is 6.92 Å². The molecule has 0 heterocycles. The summed E-state index contributed by atoms with van der Waals surface area (Å²) in [5.74, 6) is -0.0286. The first-order chi connectivity index (χ1) is 9.65. The van der Waals surface area contributed by atoms with Crippen molar-refractivity contribution >= 4 is 5.97 Å². The minimum atomic E-state index is -0.348. The van der Waals surface area contributed by atoms with Gasteiger partial charge < -0.3 is 9.84 Å². The SMILES string of the molecule is CCCc1cc(-c2cccc(C(=O)OC)c2)ccc1O. The van der Waals surface area contributed by atoms with Crippen molar-refractivity contribution < 1.29 is 14.6 Å². The summed E-state index contributed by atoms with van der Waals surface area (Å²) in [5, 5.41) is 9.82. The van der Waals surface area contributed by atoms with Gasteiger partial charge in [-0.2, -0.15) is 0 Å². The van der Waals surface area contributed by atoms with Gasteiger partial charge in [0.05, 0.1) is 12.7 Å². The van der Waals surface area contributed by atoms with Crippen LogP contribution in [0.1, 0.15) is 29.3 Å². The van der Waals surface area contributed by atoms with Crippen LogP contribution in [0.15, 0.2) is 42.5 Å². The zero-order valence-electron chi connectivity index (χ0n) is 11.7. The minimum Gasteiger partial charge on any atom is -0.508 e. The van der Waals surface area contributed by atoms with Crippen LogP contribution >= 0.6 is 0 Å². The van der Waals surface area contributed by atoms with Gasteiger partial charge in [-0.05, 0) is 47.4 Å². The molecule has 0 saturated heterocycles. The maximum Gasteiger partial charge on any atom is 0.337 e. The number of ether oxygens (including phenoxy) is 1. The molecule has 0 bridgehead atoms. The van der Waals surface area contributed by atoms with Crippen LogP contribution in [0, 0.1) is 0 Å². The highest BCUT2D eigenvalue weighted by atomic mass is 16.5. The van der Waals surface area contributed by atoms with E-state index in [-0.39, 0.29) is 5.97 Å². The average molecular weight is 270 g/mol. The molecule has 1 N–H and O–H groups in total. The quantitative estimate of drug-likeness (QED) is 0.860. The second-order valence-electron chi connectivity index (χ2n) is 4.67. The lowest BCUT2D eigenvalue weighted by Gasteiger charge is -2.08. The third-order valence-electron chi connectivity index (χ3n) is 3.22. The molecule has 0 atom stereocenters. The average Bonchev–Trinajstić information content (AvgIpc) is 2.49. The summed E-state index contributed by atoms with van der Waals surface area (Å²) in [6.45, 7) is 2.07. The Labute approximate surface area is 118 Å². The fraction of sp³-hybridized carbons (Fsp3) is 0.235. The van der Waals surface area contributed by atoms with Crippen LogP contribution in [0.4, 0.5) is 0 Å². The summed E-state index contributed by atoms with van der Waals surface area (Å²) in [5.41, 5.74) is 3.37. The van der Waals surface area contributed by atoms with Gasteiger partial charge in [0, 0.05) is 0 Å². The second kappa shape index (κ2) is 6.24. The van der Waals surface area contributed by atoms with Crippen LogP contribution in [-0.4, -0.2) is 18.2 Å². The van der Waals surface area contributed by atoms with Gasteiger partial charge in [0.15, 0.2) is 0 Å². The van der Waals surface area contributed by atoms with Crippen LogP contribution in [0.5, 0.6) is 5.75 Å². The minimum absolute atomic E-state index is 0.319. The van der Waals surface area contributed by atoms with Gasteiger partial charge in [0.1, 0.15) is 5.75 Å². The number of aryl methyl sites for hydroxylation is 1. The van der Waals surface area contributed by atoms with Crippen molar-refractivity contribution in [2.24, 2.45) is 0 Å². The molecule has 2 aromatic rings. The van der Waals surface area contributed by atoms with Crippen molar-refractivity contribution in [1.82, 2.24) is 0 Å². The molecule has 0 fully saturated rings. The fourth-order valence-electron chi connectivity index (χ4n) is 2.18. The van der Waals surface area contributed by atoms with Crippen LogP contribution < -0.4 is 0 Å². The molecule has 2 rings (SSSR count). The molecule has 0 amide bonds. The van der Waals surface area contributed by atoms with Gasteiger partial charge in [-0.1, -0.05) is 31.5 Å². The van der Waals surface area contributed by atoms with E-state index in [1.165, 1.54) is 7.11 Å². The highest BCUT2D eigenvalue weighted by Gasteiger charge is 2.08. The lowest BCUT2D eigenvalue weighted by Crippen LogP contribution is -2.00. The highest BCUT2D eigenvalue weighted by Crippen LogP contribution is 2.27. The fourth-order valence-corrected chi connectivity index (χ4v) is 2.18.